The maximum absolute atomic E-state index is 12.9. The Morgan fingerprint density at radius 2 is 0.607 bits per heavy atom. The number of unbranched alkanes of at least 4 members (excludes halogenated alkanes) is 54. The number of quaternary nitrogens is 1. The molecule has 0 aliphatic carbocycles. The summed E-state index contributed by atoms with van der Waals surface area (Å²) in [6.07, 6.45) is 79.4. The summed E-state index contributed by atoms with van der Waals surface area (Å²) in [5.41, 5.74) is 0. The van der Waals surface area contributed by atoms with Crippen molar-refractivity contribution >= 4 is 17.9 Å². The van der Waals surface area contributed by atoms with E-state index in [1.807, 2.05) is 21.1 Å². The van der Waals surface area contributed by atoms with Crippen LogP contribution in [-0.4, -0.2) is 87.4 Å². The maximum atomic E-state index is 12.9. The zero-order valence-corrected chi connectivity index (χ0v) is 57.1. The van der Waals surface area contributed by atoms with E-state index in [1.54, 1.807) is 0 Å². The van der Waals surface area contributed by atoms with E-state index in [-0.39, 0.29) is 38.2 Å². The summed E-state index contributed by atoms with van der Waals surface area (Å²) in [4.78, 5) is 37.6. The third kappa shape index (κ3) is 67.5. The first-order chi connectivity index (χ1) is 41.1. The van der Waals surface area contributed by atoms with Gasteiger partial charge in [0.1, 0.15) is 13.2 Å². The minimum Gasteiger partial charge on any atom is -0.477 e. The zero-order chi connectivity index (χ0) is 61.2. The molecule has 0 saturated carbocycles. The molecule has 0 spiro atoms. The summed E-state index contributed by atoms with van der Waals surface area (Å²) >= 11 is 0. The van der Waals surface area contributed by atoms with Crippen LogP contribution >= 0.6 is 0 Å². The van der Waals surface area contributed by atoms with E-state index in [1.165, 1.54) is 327 Å². The SMILES string of the molecule is CCCCCCCC/C=C\CCCCCCCCCCCC(=O)OC(COC(=O)CCCCCCCCCCCCCCCCCCCCCCCCCCCCCCCCCCCCCCCCCC)COC(OCC[N+](C)(C)C)C(=O)O. The van der Waals surface area contributed by atoms with Crippen LogP contribution in [0.25, 0.3) is 0 Å². The standard InChI is InChI=1S/C75H145NO8/c1-6-8-10-12-14-16-18-20-22-24-26-27-28-29-30-31-32-33-34-35-36-37-38-39-40-41-42-43-44-45-46-48-49-51-53-55-57-59-61-63-65-72(77)82-69-71(70-83-75(74(79)80)81-68-67-76(3,4)5)84-73(78)66-64-62-60-58-56-54-52-50-47-25-23-21-19-17-15-13-11-9-7-2/h21,23,71,75H,6-20,22,24-70H2,1-5H3/p+1/b23-21-. The zero-order valence-electron chi connectivity index (χ0n) is 57.1. The highest BCUT2D eigenvalue weighted by molar-refractivity contribution is 5.71. The number of esters is 2. The van der Waals surface area contributed by atoms with Crippen LogP contribution in [0.5, 0.6) is 0 Å². The second kappa shape index (κ2) is 67.0. The lowest BCUT2D eigenvalue weighted by Crippen LogP contribution is -2.40. The van der Waals surface area contributed by atoms with Gasteiger partial charge in [0.05, 0.1) is 34.4 Å². The molecule has 0 bridgehead atoms. The van der Waals surface area contributed by atoms with Gasteiger partial charge < -0.3 is 28.5 Å². The van der Waals surface area contributed by atoms with Gasteiger partial charge in [-0.1, -0.05) is 353 Å². The minimum atomic E-state index is -1.51. The molecule has 2 unspecified atom stereocenters. The van der Waals surface area contributed by atoms with Crippen molar-refractivity contribution in [3.8, 4) is 0 Å². The van der Waals surface area contributed by atoms with Gasteiger partial charge in [-0.3, -0.25) is 9.59 Å². The molecule has 9 nitrogen and oxygen atoms in total. The number of rotatable bonds is 71. The highest BCUT2D eigenvalue weighted by Crippen LogP contribution is 2.20. The van der Waals surface area contributed by atoms with Gasteiger partial charge in [-0.2, -0.15) is 0 Å². The molecule has 2 atom stereocenters. The number of carboxylic acids is 1. The first-order valence-corrected chi connectivity index (χ1v) is 37.4. The van der Waals surface area contributed by atoms with Crippen LogP contribution in [0.3, 0.4) is 0 Å². The van der Waals surface area contributed by atoms with Crippen LogP contribution in [0.15, 0.2) is 12.2 Å². The molecule has 0 aliphatic rings. The van der Waals surface area contributed by atoms with E-state index < -0.39 is 18.4 Å². The van der Waals surface area contributed by atoms with Crippen molar-refractivity contribution in [2.24, 2.45) is 0 Å². The fourth-order valence-electron chi connectivity index (χ4n) is 11.5. The van der Waals surface area contributed by atoms with E-state index in [9.17, 15) is 19.5 Å². The summed E-state index contributed by atoms with van der Waals surface area (Å²) in [6, 6.07) is 0. The van der Waals surface area contributed by atoms with Crippen LogP contribution in [-0.2, 0) is 33.3 Å². The van der Waals surface area contributed by atoms with Crippen molar-refractivity contribution in [2.45, 2.75) is 405 Å². The van der Waals surface area contributed by atoms with Crippen molar-refractivity contribution in [3.05, 3.63) is 12.2 Å². The Kier molecular flexibility index (Phi) is 65.4. The van der Waals surface area contributed by atoms with Gasteiger partial charge in [-0.25, -0.2) is 4.79 Å². The van der Waals surface area contributed by atoms with Crippen molar-refractivity contribution in [2.75, 3.05) is 47.5 Å². The van der Waals surface area contributed by atoms with Gasteiger partial charge in [0.25, 0.3) is 6.29 Å². The topological polar surface area (TPSA) is 108 Å². The molecule has 1 N–H and O–H groups in total. The van der Waals surface area contributed by atoms with Crippen molar-refractivity contribution in [1.82, 2.24) is 0 Å². The predicted octanol–water partition coefficient (Wildman–Crippen LogP) is 23.2. The minimum absolute atomic E-state index is 0.176. The highest BCUT2D eigenvalue weighted by atomic mass is 16.7. The normalized spacial score (nSPS) is 12.6. The first-order valence-electron chi connectivity index (χ1n) is 37.4. The molecule has 0 aromatic rings. The van der Waals surface area contributed by atoms with Crippen molar-refractivity contribution < 1.29 is 42.9 Å². The Labute approximate surface area is 523 Å². The Hall–Kier alpha value is -1.97. The monoisotopic (exact) mass is 1190 g/mol. The smallest absolute Gasteiger partial charge is 0.361 e. The number of carbonyl (C=O) groups is 3. The van der Waals surface area contributed by atoms with Gasteiger partial charge in [0.2, 0.25) is 0 Å². The quantitative estimate of drug-likeness (QED) is 0.0211. The number of hydrogen-bond acceptors (Lipinski definition) is 7. The predicted molar refractivity (Wildman–Crippen MR) is 360 cm³/mol. The van der Waals surface area contributed by atoms with E-state index in [0.717, 1.165) is 38.5 Å². The fraction of sp³-hybridized carbons (Fsp3) is 0.933. The van der Waals surface area contributed by atoms with Crippen molar-refractivity contribution in [3.63, 3.8) is 0 Å². The van der Waals surface area contributed by atoms with Crippen LogP contribution in [0.2, 0.25) is 0 Å². The molecule has 0 amide bonds. The van der Waals surface area contributed by atoms with Gasteiger partial charge in [0.15, 0.2) is 6.10 Å². The molecule has 498 valence electrons. The highest BCUT2D eigenvalue weighted by Gasteiger charge is 2.25. The number of carboxylic acid groups (broad SMARTS) is 1. The molecule has 0 fully saturated rings. The molecule has 0 saturated heterocycles. The van der Waals surface area contributed by atoms with Gasteiger partial charge in [-0.05, 0) is 38.5 Å². The molecule has 0 rings (SSSR count). The number of carbonyl (C=O) groups excluding carboxylic acids is 2. The number of allylic oxidation sites excluding steroid dienone is 2. The van der Waals surface area contributed by atoms with Gasteiger partial charge in [-0.15, -0.1) is 0 Å². The van der Waals surface area contributed by atoms with Crippen LogP contribution < -0.4 is 0 Å². The van der Waals surface area contributed by atoms with Gasteiger partial charge >= 0.3 is 17.9 Å². The Balaban J connectivity index is 3.89. The average molecular weight is 1190 g/mol. The van der Waals surface area contributed by atoms with E-state index in [2.05, 4.69) is 26.0 Å². The first kappa shape index (κ1) is 82.0. The maximum Gasteiger partial charge on any atom is 0.361 e. The van der Waals surface area contributed by atoms with Crippen LogP contribution in [0, 0.1) is 0 Å². The molecular weight excluding hydrogens is 1040 g/mol. The third-order valence-electron chi connectivity index (χ3n) is 17.3. The molecule has 0 aromatic heterocycles. The Bertz CT molecular complexity index is 1380. The van der Waals surface area contributed by atoms with Crippen molar-refractivity contribution in [1.29, 1.82) is 0 Å². The summed E-state index contributed by atoms with van der Waals surface area (Å²) in [7, 11) is 5.99. The lowest BCUT2D eigenvalue weighted by Gasteiger charge is -2.25. The van der Waals surface area contributed by atoms with E-state index >= 15 is 0 Å². The van der Waals surface area contributed by atoms with E-state index in [0.29, 0.717) is 17.4 Å². The second-order valence-electron chi connectivity index (χ2n) is 27.0. The Morgan fingerprint density at radius 3 is 0.881 bits per heavy atom. The molecular formula is C75H146NO8+. The molecule has 9 heteroatoms. The number of hydrogen-bond donors (Lipinski definition) is 1. The van der Waals surface area contributed by atoms with Crippen LogP contribution in [0.4, 0.5) is 0 Å². The summed E-state index contributed by atoms with van der Waals surface area (Å²) in [5.74, 6) is -1.98. The molecule has 0 radical (unpaired) electrons. The molecule has 84 heavy (non-hydrogen) atoms. The second-order valence-corrected chi connectivity index (χ2v) is 27.0. The third-order valence-corrected chi connectivity index (χ3v) is 17.3. The van der Waals surface area contributed by atoms with Gasteiger partial charge in [0, 0.05) is 12.8 Å². The summed E-state index contributed by atoms with van der Waals surface area (Å²) in [6.45, 7) is 4.95. The summed E-state index contributed by atoms with van der Waals surface area (Å²) in [5, 5.41) is 9.74. The number of ether oxygens (including phenoxy) is 4. The molecule has 0 heterocycles. The fourth-order valence-corrected chi connectivity index (χ4v) is 11.5. The average Bonchev–Trinajstić information content (AvgIpc) is 3.55. The lowest BCUT2D eigenvalue weighted by molar-refractivity contribution is -0.870. The lowest BCUT2D eigenvalue weighted by atomic mass is 10.0. The van der Waals surface area contributed by atoms with Crippen LogP contribution in [0.1, 0.15) is 393 Å². The Morgan fingerprint density at radius 1 is 0.345 bits per heavy atom. The van der Waals surface area contributed by atoms with E-state index in [4.69, 9.17) is 18.9 Å². The molecule has 0 aromatic carbocycles. The number of likely N-dealkylation sites (N-methyl/N-ethyl adjacent to an activating group) is 1. The molecule has 0 aliphatic heterocycles. The summed E-state index contributed by atoms with van der Waals surface area (Å²) < 4.78 is 23.0. The number of aliphatic carboxylic acids is 1. The largest absolute Gasteiger partial charge is 0.477 e. The number of nitrogens with zero attached hydrogens (tertiary/aromatic N) is 1.